The summed E-state index contributed by atoms with van der Waals surface area (Å²) in [6, 6.07) is 8.86. The number of likely N-dealkylation sites (N-methyl/N-ethyl adjacent to an activating group) is 1. The lowest BCUT2D eigenvalue weighted by molar-refractivity contribution is -0.134. The van der Waals surface area contributed by atoms with Crippen LogP contribution in [0.15, 0.2) is 47.4 Å². The first-order valence-electron chi connectivity index (χ1n) is 14.2. The van der Waals surface area contributed by atoms with Crippen LogP contribution in [-0.4, -0.2) is 88.1 Å². The van der Waals surface area contributed by atoms with Gasteiger partial charge < -0.3 is 24.6 Å². The van der Waals surface area contributed by atoms with Crippen LogP contribution in [0.1, 0.15) is 48.9 Å². The summed E-state index contributed by atoms with van der Waals surface area (Å²) < 4.78 is 53.8. The summed E-state index contributed by atoms with van der Waals surface area (Å²) in [6.45, 7) is 3.83. The number of carbonyl (C=O) groups is 2. The first kappa shape index (κ1) is 29.3. The summed E-state index contributed by atoms with van der Waals surface area (Å²) in [5, 5.41) is 3.01. The Morgan fingerprint density at radius 2 is 1.90 bits per heavy atom. The zero-order valence-electron chi connectivity index (χ0n) is 23.2. The molecule has 3 heterocycles. The van der Waals surface area contributed by atoms with E-state index in [0.29, 0.717) is 25.1 Å². The van der Waals surface area contributed by atoms with Gasteiger partial charge in [-0.05, 0) is 75.2 Å². The van der Waals surface area contributed by atoms with E-state index in [0.717, 1.165) is 31.8 Å². The van der Waals surface area contributed by atoms with Crippen molar-refractivity contribution in [2.45, 2.75) is 61.7 Å². The molecule has 0 aliphatic carbocycles. The van der Waals surface area contributed by atoms with Crippen molar-refractivity contribution in [3.05, 3.63) is 53.8 Å². The molecule has 0 bridgehead atoms. The van der Waals surface area contributed by atoms with Crippen LogP contribution < -0.4 is 14.8 Å². The number of benzene rings is 2. The number of amides is 2. The number of anilines is 1. The van der Waals surface area contributed by atoms with E-state index in [2.05, 4.69) is 14.9 Å². The number of halogens is 1. The van der Waals surface area contributed by atoms with E-state index in [1.54, 1.807) is 11.9 Å². The van der Waals surface area contributed by atoms with Gasteiger partial charge in [-0.25, -0.2) is 12.8 Å². The maximum atomic E-state index is 13.6. The van der Waals surface area contributed by atoms with Gasteiger partial charge in [0, 0.05) is 25.8 Å². The maximum Gasteiger partial charge on any atom is 0.261 e. The Kier molecular flexibility index (Phi) is 9.10. The number of sulfonamides is 1. The molecule has 2 amide bonds. The average molecular weight is 589 g/mol. The first-order chi connectivity index (χ1) is 19.7. The lowest BCUT2D eigenvalue weighted by atomic mass is 9.94. The standard InChI is InChI=1S/C29H37FN4O6S/c1-33-25-10-9-22(18-28(35)31-12-15-34-13-3-2-4-14-34)40-27(25)19-39-26-11-8-21(17-24(26)29(33)36)32-41(37,38)23-7-5-6-20(30)16-23/h5-8,11,16-17,22,25,27,32H,2-4,9-10,12-15,18-19H2,1H3,(H,31,35)/t22-,25-,27-/m1/s1. The van der Waals surface area contributed by atoms with Gasteiger partial charge in [0.15, 0.2) is 0 Å². The minimum atomic E-state index is -4.07. The summed E-state index contributed by atoms with van der Waals surface area (Å²) in [7, 11) is -2.38. The van der Waals surface area contributed by atoms with Gasteiger partial charge >= 0.3 is 0 Å². The number of rotatable bonds is 8. The van der Waals surface area contributed by atoms with Crippen molar-refractivity contribution in [3.63, 3.8) is 0 Å². The van der Waals surface area contributed by atoms with E-state index in [1.807, 2.05) is 0 Å². The third-order valence-corrected chi connectivity index (χ3v) is 9.36. The average Bonchev–Trinajstić information content (AvgIpc) is 2.95. The third kappa shape index (κ3) is 7.17. The fourth-order valence-electron chi connectivity index (χ4n) is 5.75. The number of piperidine rings is 1. The van der Waals surface area contributed by atoms with Gasteiger partial charge in [0.05, 0.1) is 29.0 Å². The van der Waals surface area contributed by atoms with Gasteiger partial charge in [0.2, 0.25) is 5.91 Å². The predicted octanol–water partition coefficient (Wildman–Crippen LogP) is 3.00. The minimum absolute atomic E-state index is 0.0415. The topological polar surface area (TPSA) is 117 Å². The molecule has 10 nitrogen and oxygen atoms in total. The molecule has 0 radical (unpaired) electrons. The third-order valence-electron chi connectivity index (χ3n) is 7.98. The molecule has 2 N–H and O–H groups in total. The monoisotopic (exact) mass is 588 g/mol. The molecular weight excluding hydrogens is 551 g/mol. The molecule has 0 spiro atoms. The van der Waals surface area contributed by atoms with Gasteiger partial charge in [-0.2, -0.15) is 0 Å². The molecule has 3 aliphatic heterocycles. The number of fused-ring (bicyclic) bond motifs is 2. The highest BCUT2D eigenvalue weighted by molar-refractivity contribution is 7.92. The van der Waals surface area contributed by atoms with E-state index in [9.17, 15) is 22.4 Å². The van der Waals surface area contributed by atoms with Gasteiger partial charge in [0.25, 0.3) is 15.9 Å². The quantitative estimate of drug-likeness (QED) is 0.487. The molecule has 3 aliphatic rings. The zero-order valence-corrected chi connectivity index (χ0v) is 24.0. The van der Waals surface area contributed by atoms with Crippen LogP contribution in [0.4, 0.5) is 10.1 Å². The molecule has 0 unspecified atom stereocenters. The van der Waals surface area contributed by atoms with Crippen LogP contribution >= 0.6 is 0 Å². The van der Waals surface area contributed by atoms with Crippen molar-refractivity contribution in [1.82, 2.24) is 15.1 Å². The van der Waals surface area contributed by atoms with E-state index in [4.69, 9.17) is 9.47 Å². The summed E-state index contributed by atoms with van der Waals surface area (Å²) in [6.07, 6.45) is 4.55. The number of likely N-dealkylation sites (tertiary alicyclic amines) is 1. The Labute approximate surface area is 240 Å². The van der Waals surface area contributed by atoms with Gasteiger partial charge in [0.1, 0.15) is 24.3 Å². The van der Waals surface area contributed by atoms with E-state index < -0.39 is 21.9 Å². The number of nitrogens with zero attached hydrogens (tertiary/aromatic N) is 2. The Balaban J connectivity index is 1.20. The molecule has 2 aromatic carbocycles. The Morgan fingerprint density at radius 1 is 1.10 bits per heavy atom. The van der Waals surface area contributed by atoms with Crippen molar-refractivity contribution < 1.29 is 31.9 Å². The van der Waals surface area contributed by atoms with Crippen LogP contribution in [0.3, 0.4) is 0 Å². The Morgan fingerprint density at radius 3 is 2.68 bits per heavy atom. The number of carbonyl (C=O) groups excluding carboxylic acids is 2. The smallest absolute Gasteiger partial charge is 0.261 e. The number of hydrogen-bond acceptors (Lipinski definition) is 7. The molecule has 3 atom stereocenters. The van der Waals surface area contributed by atoms with Crippen LogP contribution in [0.25, 0.3) is 0 Å². The summed E-state index contributed by atoms with van der Waals surface area (Å²) >= 11 is 0. The van der Waals surface area contributed by atoms with Crippen molar-refractivity contribution in [3.8, 4) is 5.75 Å². The van der Waals surface area contributed by atoms with Crippen LogP contribution in [0, 0.1) is 5.82 Å². The van der Waals surface area contributed by atoms with Crippen molar-refractivity contribution >= 4 is 27.5 Å². The van der Waals surface area contributed by atoms with Crippen LogP contribution in [0.5, 0.6) is 5.75 Å². The number of hydrogen-bond donors (Lipinski definition) is 2. The highest BCUT2D eigenvalue weighted by atomic mass is 32.2. The summed E-state index contributed by atoms with van der Waals surface area (Å²) in [5.74, 6) is -0.745. The Bertz CT molecular complexity index is 1370. The van der Waals surface area contributed by atoms with Gasteiger partial charge in [-0.1, -0.05) is 12.5 Å². The van der Waals surface area contributed by atoms with E-state index >= 15 is 0 Å². The molecule has 2 fully saturated rings. The number of ether oxygens (including phenoxy) is 2. The lowest BCUT2D eigenvalue weighted by Crippen LogP contribution is -2.54. The van der Waals surface area contributed by atoms with Crippen LogP contribution in [0.2, 0.25) is 0 Å². The molecule has 2 saturated heterocycles. The van der Waals surface area contributed by atoms with Gasteiger partial charge in [-0.15, -0.1) is 0 Å². The van der Waals surface area contributed by atoms with Crippen LogP contribution in [-0.2, 0) is 19.6 Å². The molecule has 5 rings (SSSR count). The predicted molar refractivity (Wildman–Crippen MR) is 151 cm³/mol. The number of nitrogens with one attached hydrogen (secondary N) is 2. The largest absolute Gasteiger partial charge is 0.490 e. The normalized spacial score (nSPS) is 23.4. The fraction of sp³-hybridized carbons (Fsp3) is 0.517. The maximum absolute atomic E-state index is 13.6. The highest BCUT2D eigenvalue weighted by Crippen LogP contribution is 2.33. The second-order valence-electron chi connectivity index (χ2n) is 10.9. The molecule has 0 aromatic heterocycles. The SMILES string of the molecule is CN1C(=O)c2cc(NS(=O)(=O)c3cccc(F)c3)ccc2OC[C@H]2O[C@@H](CC(=O)NCCN3CCCCC3)CC[C@H]21. The van der Waals surface area contributed by atoms with Crippen molar-refractivity contribution in [1.29, 1.82) is 0 Å². The van der Waals surface area contributed by atoms with Crippen molar-refractivity contribution in [2.24, 2.45) is 0 Å². The summed E-state index contributed by atoms with van der Waals surface area (Å²) in [5.41, 5.74) is 0.363. The fourth-order valence-corrected chi connectivity index (χ4v) is 6.84. The lowest BCUT2D eigenvalue weighted by Gasteiger charge is -2.42. The van der Waals surface area contributed by atoms with E-state index in [1.165, 1.54) is 49.6 Å². The zero-order chi connectivity index (χ0) is 29.0. The van der Waals surface area contributed by atoms with Gasteiger partial charge in [-0.3, -0.25) is 14.3 Å². The van der Waals surface area contributed by atoms with E-state index in [-0.39, 0.29) is 53.1 Å². The molecule has 12 heteroatoms. The second-order valence-corrected chi connectivity index (χ2v) is 12.6. The first-order valence-corrected chi connectivity index (χ1v) is 15.6. The molecule has 2 aromatic rings. The molecule has 41 heavy (non-hydrogen) atoms. The second kappa shape index (κ2) is 12.7. The Hall–Kier alpha value is -3.22. The molecule has 0 saturated carbocycles. The molecular formula is C29H37FN4O6S. The minimum Gasteiger partial charge on any atom is -0.490 e. The summed E-state index contributed by atoms with van der Waals surface area (Å²) in [4.78, 5) is 29.8. The van der Waals surface area contributed by atoms with Crippen molar-refractivity contribution in [2.75, 3.05) is 44.6 Å². The highest BCUT2D eigenvalue weighted by Gasteiger charge is 2.39. The molecule has 222 valence electrons.